The second kappa shape index (κ2) is 17.9. The van der Waals surface area contributed by atoms with E-state index in [2.05, 4.69) is 84.5 Å². The summed E-state index contributed by atoms with van der Waals surface area (Å²) in [6, 6.07) is 14.9. The average Bonchev–Trinajstić information content (AvgIpc) is 3.61. The van der Waals surface area contributed by atoms with Gasteiger partial charge >= 0.3 is 0 Å². The van der Waals surface area contributed by atoms with E-state index in [1.54, 1.807) is 11.8 Å². The number of carbonyl (C=O) groups excluding carboxylic acids is 1. The molecule has 0 fully saturated rings. The third-order valence-electron chi connectivity index (χ3n) is 10.9. The minimum atomic E-state index is -0.337. The normalized spacial score (nSPS) is 12.7. The summed E-state index contributed by atoms with van der Waals surface area (Å²) in [4.78, 5) is 19.7. The number of pyridine rings is 1. The maximum atomic E-state index is 12.2. The molecular weight excluding hydrogens is 875 g/mol. The van der Waals surface area contributed by atoms with Gasteiger partial charge in [0.1, 0.15) is 5.76 Å². The molecular formula is C45H58IrNO2S3-. The number of thioether (sulfide) groups is 1. The minimum absolute atomic E-state index is 0. The Bertz CT molecular complexity index is 2050. The molecule has 0 saturated heterocycles. The summed E-state index contributed by atoms with van der Waals surface area (Å²) in [5.74, 6) is 0.936. The molecule has 0 aliphatic heterocycles. The SMILES string of the molecule is C=CSc1c[c-]c(-c2nccc3c2sc2cc4sc(C)c(CC(C)C)c4cc23)cc1C(C)(C)C.CCC(C)(CC)C(=O)/C=C(\O)C(C)(CC)CC.[Ir]. The number of benzene rings is 2. The monoisotopic (exact) mass is 933 g/mol. The van der Waals surface area contributed by atoms with Crippen molar-refractivity contribution < 1.29 is 30.0 Å². The van der Waals surface area contributed by atoms with E-state index in [0.29, 0.717) is 5.92 Å². The number of ketones is 1. The molecule has 0 amide bonds. The van der Waals surface area contributed by atoms with E-state index in [1.807, 2.05) is 75.8 Å². The molecule has 1 radical (unpaired) electrons. The van der Waals surface area contributed by atoms with Gasteiger partial charge in [-0.15, -0.1) is 52.0 Å². The predicted molar refractivity (Wildman–Crippen MR) is 228 cm³/mol. The summed E-state index contributed by atoms with van der Waals surface area (Å²) >= 11 is 5.45. The number of allylic oxidation sites excluding steroid dienone is 2. The molecule has 3 heterocycles. The fourth-order valence-corrected chi connectivity index (χ4v) is 9.60. The molecule has 2 aromatic carbocycles. The number of fused-ring (bicyclic) bond motifs is 4. The number of hydrogen-bond donors (Lipinski definition) is 1. The Balaban J connectivity index is 0.000000347. The Labute approximate surface area is 339 Å². The number of carbonyl (C=O) groups is 1. The topological polar surface area (TPSA) is 50.2 Å². The summed E-state index contributed by atoms with van der Waals surface area (Å²) in [7, 11) is 0. The Morgan fingerprint density at radius 3 is 2.12 bits per heavy atom. The van der Waals surface area contributed by atoms with Crippen LogP contribution in [0.5, 0.6) is 0 Å². The predicted octanol–water partition coefficient (Wildman–Crippen LogP) is 14.8. The van der Waals surface area contributed by atoms with Gasteiger partial charge in [0, 0.05) is 73.3 Å². The Hall–Kier alpha value is -2.28. The van der Waals surface area contributed by atoms with Gasteiger partial charge in [-0.2, -0.15) is 11.8 Å². The Morgan fingerprint density at radius 1 is 0.942 bits per heavy atom. The molecule has 52 heavy (non-hydrogen) atoms. The molecule has 5 aromatic rings. The van der Waals surface area contributed by atoms with Crippen molar-refractivity contribution in [3.05, 3.63) is 82.4 Å². The van der Waals surface area contributed by atoms with Gasteiger partial charge in [0.2, 0.25) is 0 Å². The van der Waals surface area contributed by atoms with Gasteiger partial charge in [0.25, 0.3) is 0 Å². The zero-order chi connectivity index (χ0) is 37.9. The molecule has 0 aliphatic rings. The third-order valence-corrected chi connectivity index (χ3v) is 13.9. The van der Waals surface area contributed by atoms with Crippen molar-refractivity contribution in [3.63, 3.8) is 0 Å². The van der Waals surface area contributed by atoms with Crippen LogP contribution >= 0.6 is 34.4 Å². The Morgan fingerprint density at radius 2 is 1.56 bits per heavy atom. The van der Waals surface area contributed by atoms with Crippen LogP contribution in [0.4, 0.5) is 0 Å². The first-order valence-electron chi connectivity index (χ1n) is 18.5. The van der Waals surface area contributed by atoms with Gasteiger partial charge in [-0.05, 0) is 90.3 Å². The summed E-state index contributed by atoms with van der Waals surface area (Å²) in [5.41, 5.74) is 4.34. The number of nitrogens with zero attached hydrogens (tertiary/aromatic N) is 1. The van der Waals surface area contributed by atoms with E-state index >= 15 is 0 Å². The molecule has 7 heteroatoms. The van der Waals surface area contributed by atoms with Crippen LogP contribution in [-0.2, 0) is 36.7 Å². The number of hydrogen-bond acceptors (Lipinski definition) is 6. The number of aliphatic hydroxyl groups is 1. The maximum Gasteiger partial charge on any atom is 0.164 e. The molecule has 283 valence electrons. The average molecular weight is 933 g/mol. The van der Waals surface area contributed by atoms with Gasteiger partial charge in [0.15, 0.2) is 5.78 Å². The molecule has 0 bridgehead atoms. The summed E-state index contributed by atoms with van der Waals surface area (Å²) in [5, 5.41) is 16.1. The number of aryl methyl sites for hydroxylation is 1. The second-order valence-electron chi connectivity index (χ2n) is 15.8. The molecule has 3 aromatic heterocycles. The number of rotatable bonds is 12. The smallest absolute Gasteiger partial charge is 0.164 e. The molecule has 0 spiro atoms. The quantitative estimate of drug-likeness (QED) is 0.0586. The number of aliphatic hydroxyl groups excluding tert-OH is 1. The van der Waals surface area contributed by atoms with Crippen LogP contribution < -0.4 is 0 Å². The van der Waals surface area contributed by atoms with Gasteiger partial charge < -0.3 is 10.1 Å². The van der Waals surface area contributed by atoms with Crippen molar-refractivity contribution in [3.8, 4) is 11.3 Å². The van der Waals surface area contributed by atoms with Crippen LogP contribution in [0.15, 0.2) is 65.2 Å². The van der Waals surface area contributed by atoms with Crippen molar-refractivity contribution in [2.45, 2.75) is 125 Å². The van der Waals surface area contributed by atoms with Crippen molar-refractivity contribution >= 4 is 70.5 Å². The molecule has 0 atom stereocenters. The van der Waals surface area contributed by atoms with Crippen LogP contribution in [0.3, 0.4) is 0 Å². The van der Waals surface area contributed by atoms with Crippen LogP contribution in [0.25, 0.3) is 41.5 Å². The van der Waals surface area contributed by atoms with Crippen LogP contribution in [0, 0.1) is 29.7 Å². The zero-order valence-corrected chi connectivity index (χ0v) is 38.1. The number of thiophene rings is 2. The summed E-state index contributed by atoms with van der Waals surface area (Å²) < 4.78 is 3.98. The van der Waals surface area contributed by atoms with Crippen LogP contribution in [-0.4, -0.2) is 15.9 Å². The maximum absolute atomic E-state index is 12.2. The van der Waals surface area contributed by atoms with Gasteiger partial charge in [-0.1, -0.05) is 87.6 Å². The molecule has 1 N–H and O–H groups in total. The van der Waals surface area contributed by atoms with Crippen molar-refractivity contribution in [1.82, 2.24) is 4.98 Å². The molecule has 5 rings (SSSR count). The first-order chi connectivity index (χ1) is 24.0. The van der Waals surface area contributed by atoms with Crippen molar-refractivity contribution in [2.75, 3.05) is 0 Å². The van der Waals surface area contributed by atoms with E-state index in [-0.39, 0.29) is 47.9 Å². The summed E-state index contributed by atoms with van der Waals surface area (Å²) in [6.45, 7) is 29.7. The minimum Gasteiger partial charge on any atom is -0.512 e. The Kier molecular flexibility index (Phi) is 15.2. The fraction of sp³-hybridized carbons (Fsp3) is 0.467. The first-order valence-corrected chi connectivity index (χ1v) is 21.0. The fourth-order valence-electron chi connectivity index (χ4n) is 6.39. The zero-order valence-electron chi connectivity index (χ0n) is 33.3. The van der Waals surface area contributed by atoms with Gasteiger partial charge in [0.05, 0.1) is 0 Å². The summed E-state index contributed by atoms with van der Waals surface area (Å²) in [6.07, 6.45) is 7.84. The standard InChI is InChI=1S/C30H30NS3.C15H28O2.Ir/c1-8-32-25-10-9-19(14-24(25)30(5,6)7)28-29-20(11-12-31-28)22-15-23-21(13-17(2)3)18(4)33-26(23)16-27(22)34-29;1-7-14(5,8-2)12(16)11-13(17)15(6,9-3)10-4;/h8,10-12,14-17H,1,13H2,2-7H3;11,16H,7-10H2,1-6H3;/q-1;;/b;12-11-;. The number of aromatic nitrogens is 1. The van der Waals surface area contributed by atoms with Gasteiger partial charge in [-0.3, -0.25) is 4.79 Å². The van der Waals surface area contributed by atoms with Crippen molar-refractivity contribution in [2.24, 2.45) is 16.7 Å². The molecule has 3 nitrogen and oxygen atoms in total. The molecule has 0 aliphatic carbocycles. The van der Waals surface area contributed by atoms with E-state index in [1.165, 1.54) is 57.2 Å². The van der Waals surface area contributed by atoms with E-state index in [0.717, 1.165) is 43.4 Å². The second-order valence-corrected chi connectivity index (χ2v) is 19.1. The van der Waals surface area contributed by atoms with Gasteiger partial charge in [-0.25, -0.2) is 0 Å². The van der Waals surface area contributed by atoms with Crippen LogP contribution in [0.2, 0.25) is 0 Å². The van der Waals surface area contributed by atoms with Crippen LogP contribution in [0.1, 0.15) is 118 Å². The van der Waals surface area contributed by atoms with E-state index in [9.17, 15) is 9.90 Å². The first kappa shape index (κ1) is 44.1. The molecule has 0 unspecified atom stereocenters. The third kappa shape index (κ3) is 9.32. The van der Waals surface area contributed by atoms with E-state index in [4.69, 9.17) is 4.98 Å². The van der Waals surface area contributed by atoms with E-state index < -0.39 is 0 Å². The molecule has 0 saturated carbocycles. The largest absolute Gasteiger partial charge is 0.512 e. The van der Waals surface area contributed by atoms with Crippen molar-refractivity contribution in [1.29, 1.82) is 0 Å².